The summed E-state index contributed by atoms with van der Waals surface area (Å²) in [6.45, 7) is 6.10. The predicted octanol–water partition coefficient (Wildman–Crippen LogP) is 3.41. The third kappa shape index (κ3) is 3.37. The monoisotopic (exact) mass is 260 g/mol. The van der Waals surface area contributed by atoms with Gasteiger partial charge in [0.05, 0.1) is 6.04 Å². The molecule has 104 valence electrons. The highest BCUT2D eigenvalue weighted by Gasteiger charge is 2.19. The summed E-state index contributed by atoms with van der Waals surface area (Å²) in [7, 11) is 2.12. The summed E-state index contributed by atoms with van der Waals surface area (Å²) >= 11 is 0. The van der Waals surface area contributed by atoms with E-state index in [0.29, 0.717) is 12.5 Å². The maximum absolute atomic E-state index is 5.93. The highest BCUT2D eigenvalue weighted by Crippen LogP contribution is 2.26. The molecule has 3 nitrogen and oxygen atoms in total. The third-order valence-electron chi connectivity index (χ3n) is 3.59. The van der Waals surface area contributed by atoms with Gasteiger partial charge in [-0.25, -0.2) is 0 Å². The van der Waals surface area contributed by atoms with Gasteiger partial charge >= 0.3 is 0 Å². The van der Waals surface area contributed by atoms with E-state index in [0.717, 1.165) is 23.3 Å². The second kappa shape index (κ2) is 6.22. The Morgan fingerprint density at radius 1 is 1.26 bits per heavy atom. The van der Waals surface area contributed by atoms with Gasteiger partial charge in [0.1, 0.15) is 11.3 Å². The second-order valence-electron chi connectivity index (χ2n) is 5.60. The Morgan fingerprint density at radius 2 is 2.00 bits per heavy atom. The number of hydrogen-bond donors (Lipinski definition) is 1. The van der Waals surface area contributed by atoms with Crippen LogP contribution in [0.5, 0.6) is 0 Å². The molecular formula is C16H24N2O. The summed E-state index contributed by atoms with van der Waals surface area (Å²) in [6, 6.07) is 10.4. The topological polar surface area (TPSA) is 42.4 Å². The van der Waals surface area contributed by atoms with E-state index in [2.05, 4.69) is 37.9 Å². The fraction of sp³-hybridized carbons (Fsp3) is 0.500. The van der Waals surface area contributed by atoms with E-state index in [-0.39, 0.29) is 6.04 Å². The highest BCUT2D eigenvalue weighted by atomic mass is 16.3. The van der Waals surface area contributed by atoms with E-state index in [4.69, 9.17) is 10.2 Å². The van der Waals surface area contributed by atoms with Crippen LogP contribution < -0.4 is 5.73 Å². The first-order chi connectivity index (χ1) is 9.11. The van der Waals surface area contributed by atoms with Crippen LogP contribution in [0.15, 0.2) is 34.7 Å². The normalized spacial score (nSPS) is 13.6. The van der Waals surface area contributed by atoms with Crippen molar-refractivity contribution in [3.8, 4) is 0 Å². The summed E-state index contributed by atoms with van der Waals surface area (Å²) in [6.07, 6.45) is 1.17. The van der Waals surface area contributed by atoms with Gasteiger partial charge in [0, 0.05) is 11.9 Å². The average Bonchev–Trinajstić information content (AvgIpc) is 2.80. The number of furan rings is 1. The van der Waals surface area contributed by atoms with Gasteiger partial charge < -0.3 is 10.2 Å². The van der Waals surface area contributed by atoms with E-state index in [1.807, 2.05) is 18.2 Å². The first-order valence-electron chi connectivity index (χ1n) is 7.00. The van der Waals surface area contributed by atoms with Crippen molar-refractivity contribution in [2.45, 2.75) is 26.3 Å². The Kier molecular flexibility index (Phi) is 4.61. The van der Waals surface area contributed by atoms with Gasteiger partial charge in [0.15, 0.2) is 0 Å². The van der Waals surface area contributed by atoms with Crippen LogP contribution in [-0.2, 0) is 0 Å². The van der Waals surface area contributed by atoms with Crippen LogP contribution >= 0.6 is 0 Å². The lowest BCUT2D eigenvalue weighted by molar-refractivity contribution is 0.212. The van der Waals surface area contributed by atoms with E-state index in [1.54, 1.807) is 0 Å². The summed E-state index contributed by atoms with van der Waals surface area (Å²) in [5.41, 5.74) is 6.87. The highest BCUT2D eigenvalue weighted by molar-refractivity contribution is 5.77. The van der Waals surface area contributed by atoms with Gasteiger partial charge in [0.2, 0.25) is 0 Å². The molecule has 0 saturated heterocycles. The molecule has 1 unspecified atom stereocenters. The molecule has 2 N–H and O–H groups in total. The molecule has 2 rings (SSSR count). The number of hydrogen-bond acceptors (Lipinski definition) is 3. The Balaban J connectivity index is 2.16. The van der Waals surface area contributed by atoms with Crippen molar-refractivity contribution in [3.63, 3.8) is 0 Å². The minimum absolute atomic E-state index is 0.158. The van der Waals surface area contributed by atoms with Crippen LogP contribution in [0.4, 0.5) is 0 Å². The lowest BCUT2D eigenvalue weighted by Gasteiger charge is -2.25. The SMILES string of the molecule is CC(C)CCN(C)C(CN)c1cc2ccccc2o1. The molecule has 2 aromatic rings. The zero-order valence-electron chi connectivity index (χ0n) is 12.1. The summed E-state index contributed by atoms with van der Waals surface area (Å²) in [4.78, 5) is 2.29. The molecule has 1 atom stereocenters. The van der Waals surface area contributed by atoms with Crippen molar-refractivity contribution in [2.24, 2.45) is 11.7 Å². The smallest absolute Gasteiger partial charge is 0.134 e. The zero-order valence-corrected chi connectivity index (χ0v) is 12.1. The largest absolute Gasteiger partial charge is 0.459 e. The average molecular weight is 260 g/mol. The Bertz CT molecular complexity index is 485. The number of likely N-dealkylation sites (N-methyl/N-ethyl adjacent to an activating group) is 1. The first kappa shape index (κ1) is 14.1. The van der Waals surface area contributed by atoms with Crippen LogP contribution in [0.2, 0.25) is 0 Å². The minimum atomic E-state index is 0.158. The van der Waals surface area contributed by atoms with E-state index >= 15 is 0 Å². The van der Waals surface area contributed by atoms with Gasteiger partial charge in [0.25, 0.3) is 0 Å². The summed E-state index contributed by atoms with van der Waals surface area (Å²) < 4.78 is 5.93. The van der Waals surface area contributed by atoms with E-state index in [1.165, 1.54) is 6.42 Å². The lowest BCUT2D eigenvalue weighted by atomic mass is 10.1. The molecule has 0 saturated carbocycles. The van der Waals surface area contributed by atoms with E-state index < -0.39 is 0 Å². The number of nitrogens with zero attached hydrogens (tertiary/aromatic N) is 1. The lowest BCUT2D eigenvalue weighted by Crippen LogP contribution is -2.31. The Hall–Kier alpha value is -1.32. The predicted molar refractivity (Wildman–Crippen MR) is 80.1 cm³/mol. The second-order valence-corrected chi connectivity index (χ2v) is 5.60. The molecule has 0 aliphatic heterocycles. The van der Waals surface area contributed by atoms with Crippen molar-refractivity contribution >= 4 is 11.0 Å². The fourth-order valence-corrected chi connectivity index (χ4v) is 2.30. The molecule has 1 aromatic carbocycles. The molecule has 1 aromatic heterocycles. The number of para-hydroxylation sites is 1. The first-order valence-corrected chi connectivity index (χ1v) is 7.00. The molecule has 0 radical (unpaired) electrons. The molecule has 0 aliphatic carbocycles. The van der Waals surface area contributed by atoms with Crippen molar-refractivity contribution in [1.29, 1.82) is 0 Å². The minimum Gasteiger partial charge on any atom is -0.459 e. The molecule has 0 spiro atoms. The van der Waals surface area contributed by atoms with Gasteiger partial charge in [-0.05, 0) is 38.1 Å². The van der Waals surface area contributed by atoms with Crippen molar-refractivity contribution < 1.29 is 4.42 Å². The van der Waals surface area contributed by atoms with Gasteiger partial charge in [-0.3, -0.25) is 4.90 Å². The van der Waals surface area contributed by atoms with Gasteiger partial charge in [-0.1, -0.05) is 32.0 Å². The molecule has 0 aliphatic rings. The number of nitrogens with two attached hydrogens (primary N) is 1. The van der Waals surface area contributed by atoms with Crippen LogP contribution in [0.1, 0.15) is 32.1 Å². The molecule has 0 amide bonds. The Morgan fingerprint density at radius 3 is 2.63 bits per heavy atom. The standard InChI is InChI=1S/C16H24N2O/c1-12(2)8-9-18(3)14(11-17)16-10-13-6-4-5-7-15(13)19-16/h4-7,10,12,14H,8-9,11,17H2,1-3H3. The molecule has 19 heavy (non-hydrogen) atoms. The van der Waals surface area contributed by atoms with Crippen molar-refractivity contribution in [3.05, 3.63) is 36.1 Å². The molecule has 0 fully saturated rings. The van der Waals surface area contributed by atoms with Crippen molar-refractivity contribution in [2.75, 3.05) is 20.1 Å². The van der Waals surface area contributed by atoms with Crippen LogP contribution in [0.25, 0.3) is 11.0 Å². The summed E-state index contributed by atoms with van der Waals surface area (Å²) in [5.74, 6) is 1.67. The van der Waals surface area contributed by atoms with Gasteiger partial charge in [-0.2, -0.15) is 0 Å². The van der Waals surface area contributed by atoms with Crippen molar-refractivity contribution in [1.82, 2.24) is 4.90 Å². The zero-order chi connectivity index (χ0) is 13.8. The number of rotatable bonds is 6. The van der Waals surface area contributed by atoms with Crippen LogP contribution in [0.3, 0.4) is 0 Å². The Labute approximate surface area is 115 Å². The third-order valence-corrected chi connectivity index (χ3v) is 3.59. The molecule has 3 heteroatoms. The number of benzene rings is 1. The molecular weight excluding hydrogens is 236 g/mol. The van der Waals surface area contributed by atoms with Crippen LogP contribution in [0, 0.1) is 5.92 Å². The van der Waals surface area contributed by atoms with Gasteiger partial charge in [-0.15, -0.1) is 0 Å². The summed E-state index contributed by atoms with van der Waals surface area (Å²) in [5, 5.41) is 1.15. The van der Waals surface area contributed by atoms with E-state index in [9.17, 15) is 0 Å². The molecule has 0 bridgehead atoms. The van der Waals surface area contributed by atoms with Crippen LogP contribution in [-0.4, -0.2) is 25.0 Å². The maximum atomic E-state index is 5.93. The quantitative estimate of drug-likeness (QED) is 0.865. The fourth-order valence-electron chi connectivity index (χ4n) is 2.30. The number of fused-ring (bicyclic) bond motifs is 1. The maximum Gasteiger partial charge on any atom is 0.134 e. The molecule has 1 heterocycles.